The van der Waals surface area contributed by atoms with E-state index in [1.54, 1.807) is 0 Å². The molecule has 1 aromatic heterocycles. The molecule has 116 valence electrons. The molecule has 0 radical (unpaired) electrons. The zero-order valence-corrected chi connectivity index (χ0v) is 13.6. The number of aromatic nitrogens is 2. The number of imidazole rings is 1. The first-order valence-corrected chi connectivity index (χ1v) is 8.68. The highest BCUT2D eigenvalue weighted by Crippen LogP contribution is 2.32. The molecule has 0 fully saturated rings. The number of aromatic amines is 1. The van der Waals surface area contributed by atoms with Crippen molar-refractivity contribution >= 4 is 34.4 Å². The Morgan fingerprint density at radius 1 is 1.26 bits per heavy atom. The van der Waals surface area contributed by atoms with E-state index in [2.05, 4.69) is 23.0 Å². The number of benzene rings is 2. The summed E-state index contributed by atoms with van der Waals surface area (Å²) in [6.45, 7) is 2.10. The molecule has 2 aromatic carbocycles. The second-order valence-corrected chi connectivity index (χ2v) is 6.76. The van der Waals surface area contributed by atoms with Gasteiger partial charge < -0.3 is 9.88 Å². The van der Waals surface area contributed by atoms with Gasteiger partial charge in [-0.05, 0) is 37.1 Å². The van der Waals surface area contributed by atoms with Crippen LogP contribution in [0, 0.1) is 0 Å². The molecule has 0 unspecified atom stereocenters. The molecule has 4 nitrogen and oxygen atoms in total. The minimum absolute atomic E-state index is 0.132. The van der Waals surface area contributed by atoms with Gasteiger partial charge in [0, 0.05) is 11.7 Å². The molecule has 0 saturated heterocycles. The number of rotatable bonds is 3. The highest BCUT2D eigenvalue weighted by atomic mass is 32.2. The van der Waals surface area contributed by atoms with E-state index in [-0.39, 0.29) is 11.9 Å². The number of thioether (sulfide) groups is 1. The van der Waals surface area contributed by atoms with Crippen LogP contribution in [0.1, 0.15) is 12.5 Å². The van der Waals surface area contributed by atoms with Gasteiger partial charge in [0.2, 0.25) is 5.91 Å². The number of hydrogen-bond acceptors (Lipinski definition) is 3. The quantitative estimate of drug-likeness (QED) is 0.749. The average Bonchev–Trinajstić information content (AvgIpc) is 3.12. The van der Waals surface area contributed by atoms with Crippen LogP contribution in [-0.4, -0.2) is 27.7 Å². The van der Waals surface area contributed by atoms with Gasteiger partial charge in [0.25, 0.3) is 0 Å². The molecule has 4 rings (SSSR count). The van der Waals surface area contributed by atoms with Crippen LogP contribution in [0.4, 0.5) is 5.69 Å². The van der Waals surface area contributed by atoms with Crippen molar-refractivity contribution in [3.63, 3.8) is 0 Å². The van der Waals surface area contributed by atoms with Crippen molar-refractivity contribution in [3.05, 3.63) is 54.1 Å². The summed E-state index contributed by atoms with van der Waals surface area (Å²) in [5.41, 5.74) is 4.24. The number of nitrogens with one attached hydrogen (secondary N) is 1. The molecule has 1 atom stereocenters. The lowest BCUT2D eigenvalue weighted by Gasteiger charge is -2.22. The molecule has 0 saturated carbocycles. The normalized spacial score (nSPS) is 16.7. The highest BCUT2D eigenvalue weighted by molar-refractivity contribution is 7.99. The van der Waals surface area contributed by atoms with E-state index < -0.39 is 0 Å². The first kappa shape index (κ1) is 14.3. The monoisotopic (exact) mass is 323 g/mol. The Kier molecular flexibility index (Phi) is 3.58. The fourth-order valence-corrected chi connectivity index (χ4v) is 3.89. The summed E-state index contributed by atoms with van der Waals surface area (Å²) in [5.74, 6) is 0.520. The Morgan fingerprint density at radius 3 is 2.91 bits per heavy atom. The first-order chi connectivity index (χ1) is 11.2. The summed E-state index contributed by atoms with van der Waals surface area (Å²) in [6, 6.07) is 16.3. The van der Waals surface area contributed by atoms with Crippen LogP contribution >= 0.6 is 11.8 Å². The van der Waals surface area contributed by atoms with Crippen molar-refractivity contribution in [1.29, 1.82) is 0 Å². The Bertz CT molecular complexity index is 840. The van der Waals surface area contributed by atoms with Crippen LogP contribution in [0.25, 0.3) is 11.0 Å². The third-order valence-corrected chi connectivity index (χ3v) is 5.03. The van der Waals surface area contributed by atoms with Gasteiger partial charge in [-0.3, -0.25) is 4.79 Å². The van der Waals surface area contributed by atoms with Gasteiger partial charge in [-0.25, -0.2) is 4.98 Å². The summed E-state index contributed by atoms with van der Waals surface area (Å²) in [4.78, 5) is 22.4. The predicted octanol–water partition coefficient (Wildman–Crippen LogP) is 3.63. The van der Waals surface area contributed by atoms with Crippen LogP contribution in [-0.2, 0) is 11.2 Å². The van der Waals surface area contributed by atoms with Crippen LogP contribution < -0.4 is 4.90 Å². The van der Waals surface area contributed by atoms with Crippen LogP contribution in [0.3, 0.4) is 0 Å². The molecule has 0 aliphatic carbocycles. The van der Waals surface area contributed by atoms with Crippen LogP contribution in [0.5, 0.6) is 0 Å². The summed E-state index contributed by atoms with van der Waals surface area (Å²) >= 11 is 1.46. The number of carbonyl (C=O) groups excluding carboxylic acids is 1. The number of fused-ring (bicyclic) bond motifs is 2. The van der Waals surface area contributed by atoms with Crippen LogP contribution in [0.15, 0.2) is 53.7 Å². The minimum Gasteiger partial charge on any atom is -0.333 e. The van der Waals surface area contributed by atoms with Crippen LogP contribution in [0.2, 0.25) is 0 Å². The topological polar surface area (TPSA) is 49.0 Å². The molecule has 0 spiro atoms. The maximum Gasteiger partial charge on any atom is 0.237 e. The highest BCUT2D eigenvalue weighted by Gasteiger charge is 2.30. The summed E-state index contributed by atoms with van der Waals surface area (Å²) < 4.78 is 0. The van der Waals surface area contributed by atoms with Gasteiger partial charge in [-0.1, -0.05) is 42.1 Å². The Balaban J connectivity index is 1.50. The number of anilines is 1. The Hall–Kier alpha value is -2.27. The summed E-state index contributed by atoms with van der Waals surface area (Å²) in [7, 11) is 0. The standard InChI is InChI=1S/C18H17N3OS/c1-12-10-13-6-2-5-9-16(13)21(12)17(22)11-23-18-19-14-7-3-4-8-15(14)20-18/h2-9,12H,10-11H2,1H3,(H,19,20)/t12-/m1/s1. The number of H-pyrrole nitrogens is 1. The average molecular weight is 323 g/mol. The van der Waals surface area contributed by atoms with Crippen molar-refractivity contribution in [3.8, 4) is 0 Å². The number of hydrogen-bond donors (Lipinski definition) is 1. The van der Waals surface area contributed by atoms with Crippen molar-refractivity contribution in [2.24, 2.45) is 0 Å². The van der Waals surface area contributed by atoms with E-state index in [1.165, 1.54) is 17.3 Å². The van der Waals surface area contributed by atoms with Gasteiger partial charge >= 0.3 is 0 Å². The second kappa shape index (κ2) is 5.74. The molecule has 5 heteroatoms. The maximum atomic E-state index is 12.7. The summed E-state index contributed by atoms with van der Waals surface area (Å²) in [5, 5.41) is 0.791. The van der Waals surface area contributed by atoms with E-state index in [0.29, 0.717) is 5.75 Å². The molecular formula is C18H17N3OS. The fraction of sp³-hybridized carbons (Fsp3) is 0.222. The third-order valence-electron chi connectivity index (χ3n) is 4.18. The van der Waals surface area contributed by atoms with Gasteiger partial charge in [0.05, 0.1) is 16.8 Å². The van der Waals surface area contributed by atoms with Crippen molar-refractivity contribution in [2.45, 2.75) is 24.5 Å². The van der Waals surface area contributed by atoms with E-state index in [4.69, 9.17) is 0 Å². The molecule has 1 aliphatic rings. The lowest BCUT2D eigenvalue weighted by atomic mass is 10.1. The second-order valence-electron chi connectivity index (χ2n) is 5.79. The van der Waals surface area contributed by atoms with E-state index in [1.807, 2.05) is 47.4 Å². The summed E-state index contributed by atoms with van der Waals surface area (Å²) in [6.07, 6.45) is 0.928. The molecule has 0 bridgehead atoms. The maximum absolute atomic E-state index is 12.7. The predicted molar refractivity (Wildman–Crippen MR) is 93.9 cm³/mol. The smallest absolute Gasteiger partial charge is 0.237 e. The molecule has 2 heterocycles. The number of nitrogens with zero attached hydrogens (tertiary/aromatic N) is 2. The van der Waals surface area contributed by atoms with Crippen molar-refractivity contribution in [1.82, 2.24) is 9.97 Å². The molecule has 23 heavy (non-hydrogen) atoms. The van der Waals surface area contributed by atoms with Gasteiger partial charge in [-0.15, -0.1) is 0 Å². The largest absolute Gasteiger partial charge is 0.333 e. The molecule has 1 N–H and O–H groups in total. The van der Waals surface area contributed by atoms with E-state index in [9.17, 15) is 4.79 Å². The van der Waals surface area contributed by atoms with Gasteiger partial charge in [-0.2, -0.15) is 0 Å². The number of carbonyl (C=O) groups is 1. The minimum atomic E-state index is 0.132. The first-order valence-electron chi connectivity index (χ1n) is 7.70. The van der Waals surface area contributed by atoms with Gasteiger partial charge in [0.1, 0.15) is 0 Å². The van der Waals surface area contributed by atoms with Crippen molar-refractivity contribution < 1.29 is 4.79 Å². The van der Waals surface area contributed by atoms with Crippen molar-refractivity contribution in [2.75, 3.05) is 10.7 Å². The van der Waals surface area contributed by atoms with E-state index in [0.717, 1.165) is 28.3 Å². The van der Waals surface area contributed by atoms with E-state index >= 15 is 0 Å². The fourth-order valence-electron chi connectivity index (χ4n) is 3.14. The zero-order chi connectivity index (χ0) is 15.8. The van der Waals surface area contributed by atoms with Gasteiger partial charge in [0.15, 0.2) is 5.16 Å². The molecule has 1 aliphatic heterocycles. The Morgan fingerprint density at radius 2 is 2.04 bits per heavy atom. The lowest BCUT2D eigenvalue weighted by molar-refractivity contribution is -0.116. The SMILES string of the molecule is C[C@@H]1Cc2ccccc2N1C(=O)CSc1nc2ccccc2[nH]1. The Labute approximate surface area is 138 Å². The molecule has 1 amide bonds. The third kappa shape index (κ3) is 2.61. The lowest BCUT2D eigenvalue weighted by Crippen LogP contribution is -2.36. The molecule has 3 aromatic rings. The number of para-hydroxylation sites is 3. The zero-order valence-electron chi connectivity index (χ0n) is 12.8. The molecular weight excluding hydrogens is 306 g/mol. The number of amides is 1.